The van der Waals surface area contributed by atoms with Crippen LogP contribution in [0.5, 0.6) is 0 Å². The van der Waals surface area contributed by atoms with E-state index in [1.807, 2.05) is 63.0 Å². The smallest absolute Gasteiger partial charge is 0.253 e. The van der Waals surface area contributed by atoms with Crippen molar-refractivity contribution in [1.82, 2.24) is 20.1 Å². The molecule has 0 saturated carbocycles. The van der Waals surface area contributed by atoms with Crippen molar-refractivity contribution < 1.29 is 4.79 Å². The van der Waals surface area contributed by atoms with E-state index in [-0.39, 0.29) is 18.0 Å². The molecule has 28 heavy (non-hydrogen) atoms. The predicted octanol–water partition coefficient (Wildman–Crippen LogP) is 3.19. The Bertz CT molecular complexity index is 1090. The van der Waals surface area contributed by atoms with Crippen LogP contribution < -0.4 is 10.9 Å². The van der Waals surface area contributed by atoms with Gasteiger partial charge < -0.3 is 10.3 Å². The standard InChI is InChI=1S/C22H26N4O2/c1-6-16-11-24-26(5)20(16)17-8-7-9-18(15(17)4)21(27)23-12-19-13(2)10-14(3)25-22(19)28/h7-11H,6,12H2,1-5H3,(H,23,27)(H,25,28). The number of H-pyrrole nitrogens is 1. The number of nitrogens with zero attached hydrogens (tertiary/aromatic N) is 2. The van der Waals surface area contributed by atoms with Crippen LogP contribution >= 0.6 is 0 Å². The molecule has 1 amide bonds. The van der Waals surface area contributed by atoms with Gasteiger partial charge in [-0.1, -0.05) is 19.1 Å². The number of amides is 1. The number of nitrogens with one attached hydrogen (secondary N) is 2. The lowest BCUT2D eigenvalue weighted by molar-refractivity contribution is 0.0950. The first kappa shape index (κ1) is 19.6. The summed E-state index contributed by atoms with van der Waals surface area (Å²) in [5, 5.41) is 7.25. The molecule has 0 atom stereocenters. The summed E-state index contributed by atoms with van der Waals surface area (Å²) in [6, 6.07) is 7.61. The van der Waals surface area contributed by atoms with E-state index >= 15 is 0 Å². The van der Waals surface area contributed by atoms with Gasteiger partial charge >= 0.3 is 0 Å². The van der Waals surface area contributed by atoms with E-state index in [0.29, 0.717) is 11.1 Å². The summed E-state index contributed by atoms with van der Waals surface area (Å²) >= 11 is 0. The molecule has 2 heterocycles. The van der Waals surface area contributed by atoms with Gasteiger partial charge in [-0.15, -0.1) is 0 Å². The van der Waals surface area contributed by atoms with E-state index < -0.39 is 0 Å². The molecule has 3 aromatic rings. The third-order valence-electron chi connectivity index (χ3n) is 5.15. The van der Waals surface area contributed by atoms with Crippen LogP contribution in [-0.4, -0.2) is 20.7 Å². The number of pyridine rings is 1. The van der Waals surface area contributed by atoms with Crippen molar-refractivity contribution in [3.05, 3.63) is 74.3 Å². The molecule has 0 aliphatic rings. The van der Waals surface area contributed by atoms with E-state index in [4.69, 9.17) is 0 Å². The molecular weight excluding hydrogens is 352 g/mol. The van der Waals surface area contributed by atoms with Gasteiger partial charge in [-0.05, 0) is 56.0 Å². The summed E-state index contributed by atoms with van der Waals surface area (Å²) in [6.45, 7) is 7.95. The average Bonchev–Trinajstić information content (AvgIpc) is 3.01. The highest BCUT2D eigenvalue weighted by Gasteiger charge is 2.17. The zero-order valence-electron chi connectivity index (χ0n) is 17.0. The van der Waals surface area contributed by atoms with Gasteiger partial charge in [-0.3, -0.25) is 14.3 Å². The molecule has 0 radical (unpaired) electrons. The Labute approximate surface area is 164 Å². The maximum atomic E-state index is 12.8. The molecule has 0 aliphatic carbocycles. The second-order valence-corrected chi connectivity index (χ2v) is 7.10. The summed E-state index contributed by atoms with van der Waals surface area (Å²) in [5.41, 5.74) is 6.76. The molecule has 1 aromatic carbocycles. The van der Waals surface area contributed by atoms with Crippen molar-refractivity contribution in [3.8, 4) is 11.3 Å². The third-order valence-corrected chi connectivity index (χ3v) is 5.15. The summed E-state index contributed by atoms with van der Waals surface area (Å²) in [6.07, 6.45) is 2.74. The molecule has 0 aliphatic heterocycles. The summed E-state index contributed by atoms with van der Waals surface area (Å²) in [7, 11) is 1.91. The minimum Gasteiger partial charge on any atom is -0.348 e. The molecule has 6 nitrogen and oxygen atoms in total. The largest absolute Gasteiger partial charge is 0.348 e. The maximum Gasteiger partial charge on any atom is 0.253 e. The molecule has 6 heteroatoms. The highest BCUT2D eigenvalue weighted by atomic mass is 16.1. The highest BCUT2D eigenvalue weighted by Crippen LogP contribution is 2.28. The minimum absolute atomic E-state index is 0.161. The molecule has 0 unspecified atom stereocenters. The van der Waals surface area contributed by atoms with Crippen molar-refractivity contribution in [2.24, 2.45) is 7.05 Å². The van der Waals surface area contributed by atoms with E-state index in [2.05, 4.69) is 22.3 Å². The minimum atomic E-state index is -0.195. The van der Waals surface area contributed by atoms with E-state index in [9.17, 15) is 9.59 Å². The van der Waals surface area contributed by atoms with E-state index in [1.54, 1.807) is 0 Å². The highest BCUT2D eigenvalue weighted by molar-refractivity contribution is 5.97. The van der Waals surface area contributed by atoms with Gasteiger partial charge in [0.1, 0.15) is 0 Å². The van der Waals surface area contributed by atoms with Gasteiger partial charge in [0.05, 0.1) is 11.9 Å². The van der Waals surface area contributed by atoms with Crippen molar-refractivity contribution in [1.29, 1.82) is 0 Å². The van der Waals surface area contributed by atoms with Crippen molar-refractivity contribution >= 4 is 5.91 Å². The van der Waals surface area contributed by atoms with Crippen LogP contribution in [-0.2, 0) is 20.0 Å². The molecular formula is C22H26N4O2. The first-order valence-corrected chi connectivity index (χ1v) is 9.42. The number of hydrogen-bond donors (Lipinski definition) is 2. The quantitative estimate of drug-likeness (QED) is 0.715. The normalized spacial score (nSPS) is 10.9. The number of aromatic nitrogens is 3. The van der Waals surface area contributed by atoms with Crippen LogP contribution in [0.15, 0.2) is 35.3 Å². The summed E-state index contributed by atoms with van der Waals surface area (Å²) in [4.78, 5) is 27.8. The number of hydrogen-bond acceptors (Lipinski definition) is 3. The Balaban J connectivity index is 1.90. The number of rotatable bonds is 5. The van der Waals surface area contributed by atoms with Gasteiger partial charge in [-0.2, -0.15) is 5.10 Å². The molecule has 0 spiro atoms. The fourth-order valence-corrected chi connectivity index (χ4v) is 3.59. The zero-order valence-corrected chi connectivity index (χ0v) is 17.0. The van der Waals surface area contributed by atoms with Crippen LogP contribution in [0.1, 0.15) is 45.2 Å². The van der Waals surface area contributed by atoms with Gasteiger partial charge in [0.2, 0.25) is 0 Å². The van der Waals surface area contributed by atoms with Crippen LogP contribution in [0.3, 0.4) is 0 Å². The lowest BCUT2D eigenvalue weighted by Gasteiger charge is -2.14. The van der Waals surface area contributed by atoms with Gasteiger partial charge in [0, 0.05) is 36.0 Å². The topological polar surface area (TPSA) is 79.8 Å². The number of carbonyl (C=O) groups excluding carboxylic acids is 1. The number of aryl methyl sites for hydroxylation is 4. The van der Waals surface area contributed by atoms with Crippen LogP contribution in [0.25, 0.3) is 11.3 Å². The number of benzene rings is 1. The van der Waals surface area contributed by atoms with Gasteiger partial charge in [0.15, 0.2) is 0 Å². The Kier molecular flexibility index (Phi) is 5.49. The van der Waals surface area contributed by atoms with Gasteiger partial charge in [-0.25, -0.2) is 0 Å². The lowest BCUT2D eigenvalue weighted by Crippen LogP contribution is -2.28. The average molecular weight is 378 g/mol. The summed E-state index contributed by atoms with van der Waals surface area (Å²) in [5.74, 6) is -0.195. The van der Waals surface area contributed by atoms with Crippen LogP contribution in [0.2, 0.25) is 0 Å². The van der Waals surface area contributed by atoms with Crippen molar-refractivity contribution in [2.75, 3.05) is 0 Å². The van der Waals surface area contributed by atoms with Crippen LogP contribution in [0, 0.1) is 20.8 Å². The molecule has 2 N–H and O–H groups in total. The number of carbonyl (C=O) groups is 1. The van der Waals surface area contributed by atoms with Gasteiger partial charge in [0.25, 0.3) is 11.5 Å². The zero-order chi connectivity index (χ0) is 20.4. The second-order valence-electron chi connectivity index (χ2n) is 7.10. The Morgan fingerprint density at radius 3 is 2.68 bits per heavy atom. The van der Waals surface area contributed by atoms with E-state index in [0.717, 1.165) is 40.1 Å². The fourth-order valence-electron chi connectivity index (χ4n) is 3.59. The fraction of sp³-hybridized carbons (Fsp3) is 0.318. The Hall–Kier alpha value is -3.15. The molecule has 0 bridgehead atoms. The predicted molar refractivity (Wildman–Crippen MR) is 110 cm³/mol. The summed E-state index contributed by atoms with van der Waals surface area (Å²) < 4.78 is 1.85. The molecule has 0 fully saturated rings. The lowest BCUT2D eigenvalue weighted by atomic mass is 9.96. The van der Waals surface area contributed by atoms with Crippen molar-refractivity contribution in [2.45, 2.75) is 40.7 Å². The monoisotopic (exact) mass is 378 g/mol. The maximum absolute atomic E-state index is 12.8. The van der Waals surface area contributed by atoms with Crippen LogP contribution in [0.4, 0.5) is 0 Å². The second kappa shape index (κ2) is 7.84. The Morgan fingerprint density at radius 2 is 2.00 bits per heavy atom. The molecule has 2 aromatic heterocycles. The van der Waals surface area contributed by atoms with E-state index in [1.165, 1.54) is 0 Å². The molecule has 0 saturated heterocycles. The van der Waals surface area contributed by atoms with Crippen molar-refractivity contribution in [3.63, 3.8) is 0 Å². The molecule has 146 valence electrons. The SMILES string of the molecule is CCc1cnn(C)c1-c1cccc(C(=O)NCc2c(C)cc(C)[nH]c2=O)c1C. The first-order valence-electron chi connectivity index (χ1n) is 9.42. The first-order chi connectivity index (χ1) is 13.3. The Morgan fingerprint density at radius 1 is 1.25 bits per heavy atom. The molecule has 3 rings (SSSR count). The third kappa shape index (κ3) is 3.63. The number of aromatic amines is 1.